The number of rotatable bonds is 3. The monoisotopic (exact) mass is 209 g/mol. The van der Waals surface area contributed by atoms with E-state index >= 15 is 0 Å². The van der Waals surface area contributed by atoms with E-state index in [0.29, 0.717) is 16.6 Å². The topological polar surface area (TPSA) is 57.6 Å². The van der Waals surface area contributed by atoms with Gasteiger partial charge in [-0.3, -0.25) is 0 Å². The number of nitrogens with one attached hydrogen (secondary N) is 2. The molecule has 2 aromatic heterocycles. The van der Waals surface area contributed by atoms with E-state index in [1.165, 1.54) is 5.56 Å². The van der Waals surface area contributed by atoms with Crippen LogP contribution in [0.1, 0.15) is 24.3 Å². The third-order valence-corrected chi connectivity index (χ3v) is 2.33. The first-order valence-electron chi connectivity index (χ1n) is 4.43. The number of aromatic nitrogens is 3. The summed E-state index contributed by atoms with van der Waals surface area (Å²) in [4.78, 5) is 3.36. The van der Waals surface area contributed by atoms with E-state index in [1.807, 2.05) is 18.5 Å². The first-order valence-corrected chi connectivity index (χ1v) is 4.83. The molecule has 2 aromatic rings. The summed E-state index contributed by atoms with van der Waals surface area (Å²) in [5.41, 5.74) is 1.24. The average Bonchev–Trinajstić information content (AvgIpc) is 2.75. The molecule has 14 heavy (non-hydrogen) atoms. The minimum Gasteiger partial charge on any atom is -0.414 e. The van der Waals surface area contributed by atoms with Crippen molar-refractivity contribution in [3.63, 3.8) is 0 Å². The molecule has 0 aliphatic heterocycles. The number of hydrogen-bond donors (Lipinski definition) is 2. The van der Waals surface area contributed by atoms with Crippen molar-refractivity contribution in [1.82, 2.24) is 15.2 Å². The van der Waals surface area contributed by atoms with Crippen LogP contribution in [-0.2, 0) is 6.42 Å². The Morgan fingerprint density at radius 1 is 1.64 bits per heavy atom. The Morgan fingerprint density at radius 3 is 3.07 bits per heavy atom. The molecular formula is C9H11N3OS. The third kappa shape index (κ3) is 1.93. The van der Waals surface area contributed by atoms with Crippen LogP contribution in [0.2, 0.25) is 0 Å². The normalized spacial score (nSPS) is 12.9. The lowest BCUT2D eigenvalue weighted by molar-refractivity contribution is 0.466. The van der Waals surface area contributed by atoms with Gasteiger partial charge in [0.25, 0.3) is 4.84 Å². The average molecular weight is 209 g/mol. The van der Waals surface area contributed by atoms with Gasteiger partial charge in [0.15, 0.2) is 0 Å². The lowest BCUT2D eigenvalue weighted by Crippen LogP contribution is -1.97. The highest BCUT2D eigenvalue weighted by atomic mass is 32.1. The molecule has 2 heterocycles. The van der Waals surface area contributed by atoms with Crippen LogP contribution in [0, 0.1) is 4.84 Å². The summed E-state index contributed by atoms with van der Waals surface area (Å²) in [6.07, 6.45) is 4.64. The quantitative estimate of drug-likeness (QED) is 0.763. The van der Waals surface area contributed by atoms with Gasteiger partial charge < -0.3 is 9.40 Å². The van der Waals surface area contributed by atoms with Crippen LogP contribution >= 0.6 is 12.2 Å². The van der Waals surface area contributed by atoms with Gasteiger partial charge in [-0.2, -0.15) is 0 Å². The molecule has 0 radical (unpaired) electrons. The van der Waals surface area contributed by atoms with Gasteiger partial charge in [-0.25, -0.2) is 5.10 Å². The minimum absolute atomic E-state index is 0.335. The zero-order valence-corrected chi connectivity index (χ0v) is 8.60. The van der Waals surface area contributed by atoms with E-state index in [-0.39, 0.29) is 0 Å². The van der Waals surface area contributed by atoms with Crippen molar-refractivity contribution in [2.75, 3.05) is 0 Å². The Bertz CT molecular complexity index is 443. The van der Waals surface area contributed by atoms with Crippen molar-refractivity contribution in [2.45, 2.75) is 19.3 Å². The molecule has 0 saturated heterocycles. The van der Waals surface area contributed by atoms with Crippen LogP contribution in [0.4, 0.5) is 0 Å². The Labute approximate surface area is 86.4 Å². The summed E-state index contributed by atoms with van der Waals surface area (Å²) in [7, 11) is 0. The first kappa shape index (κ1) is 9.21. The van der Waals surface area contributed by atoms with Gasteiger partial charge in [-0.05, 0) is 29.8 Å². The predicted octanol–water partition coefficient (Wildman–Crippen LogP) is 2.41. The van der Waals surface area contributed by atoms with Gasteiger partial charge in [0.05, 0.1) is 0 Å². The Balaban J connectivity index is 2.08. The molecule has 0 bridgehead atoms. The first-order chi connectivity index (χ1) is 6.75. The molecule has 0 aromatic carbocycles. The van der Waals surface area contributed by atoms with E-state index in [2.05, 4.69) is 22.1 Å². The molecule has 4 nitrogen and oxygen atoms in total. The summed E-state index contributed by atoms with van der Waals surface area (Å²) in [6, 6.07) is 2.05. The smallest absolute Gasteiger partial charge is 0.284 e. The lowest BCUT2D eigenvalue weighted by atomic mass is 10.0. The van der Waals surface area contributed by atoms with E-state index in [4.69, 9.17) is 16.6 Å². The predicted molar refractivity (Wildman–Crippen MR) is 54.6 cm³/mol. The lowest BCUT2D eigenvalue weighted by Gasteiger charge is -2.04. The largest absolute Gasteiger partial charge is 0.414 e. The minimum atomic E-state index is 0.335. The zero-order chi connectivity index (χ0) is 9.97. The second-order valence-electron chi connectivity index (χ2n) is 3.26. The molecule has 2 N–H and O–H groups in total. The summed E-state index contributed by atoms with van der Waals surface area (Å²) >= 11 is 4.79. The summed E-state index contributed by atoms with van der Waals surface area (Å²) in [6.45, 7) is 2.12. The molecule has 0 aliphatic rings. The van der Waals surface area contributed by atoms with Crippen molar-refractivity contribution in [3.8, 4) is 0 Å². The molecule has 0 aliphatic carbocycles. The molecule has 1 atom stereocenters. The highest BCUT2D eigenvalue weighted by molar-refractivity contribution is 7.71. The van der Waals surface area contributed by atoms with Gasteiger partial charge in [0, 0.05) is 18.8 Å². The van der Waals surface area contributed by atoms with Crippen molar-refractivity contribution in [3.05, 3.63) is 34.8 Å². The number of nitrogens with zero attached hydrogens (tertiary/aromatic N) is 1. The third-order valence-electron chi connectivity index (χ3n) is 2.15. The number of aromatic amines is 2. The SMILES string of the molecule is CC(Cc1n[nH]c(=S)o1)c1cc[nH]c1. The maximum atomic E-state index is 5.19. The molecule has 2 rings (SSSR count). The Hall–Kier alpha value is -1.36. The second-order valence-corrected chi connectivity index (χ2v) is 3.63. The summed E-state index contributed by atoms with van der Waals surface area (Å²) in [5, 5.41) is 6.57. The van der Waals surface area contributed by atoms with Crippen molar-refractivity contribution >= 4 is 12.2 Å². The summed E-state index contributed by atoms with van der Waals surface area (Å²) < 4.78 is 5.19. The van der Waals surface area contributed by atoms with Gasteiger partial charge in [0.2, 0.25) is 5.89 Å². The fraction of sp³-hybridized carbons (Fsp3) is 0.333. The van der Waals surface area contributed by atoms with Crippen LogP contribution in [0.15, 0.2) is 22.9 Å². The van der Waals surface area contributed by atoms with E-state index in [0.717, 1.165) is 6.42 Å². The molecule has 0 saturated carbocycles. The Morgan fingerprint density at radius 2 is 2.50 bits per heavy atom. The van der Waals surface area contributed by atoms with Crippen LogP contribution < -0.4 is 0 Å². The fourth-order valence-electron chi connectivity index (χ4n) is 1.37. The van der Waals surface area contributed by atoms with Crippen LogP contribution in [0.5, 0.6) is 0 Å². The fourth-order valence-corrected chi connectivity index (χ4v) is 1.51. The molecule has 74 valence electrons. The standard InChI is InChI=1S/C9H11N3OS/c1-6(7-2-3-10-5-7)4-8-11-12-9(14)13-8/h2-3,5-6,10H,4H2,1H3,(H,12,14). The van der Waals surface area contributed by atoms with Crippen molar-refractivity contribution in [1.29, 1.82) is 0 Å². The molecular weight excluding hydrogens is 198 g/mol. The maximum absolute atomic E-state index is 5.19. The maximum Gasteiger partial charge on any atom is 0.284 e. The second kappa shape index (κ2) is 3.79. The Kier molecular flexibility index (Phi) is 2.49. The van der Waals surface area contributed by atoms with Gasteiger partial charge in [-0.15, -0.1) is 5.10 Å². The van der Waals surface area contributed by atoms with Crippen molar-refractivity contribution < 1.29 is 4.42 Å². The van der Waals surface area contributed by atoms with E-state index in [9.17, 15) is 0 Å². The van der Waals surface area contributed by atoms with E-state index in [1.54, 1.807) is 0 Å². The molecule has 0 fully saturated rings. The summed E-state index contributed by atoms with van der Waals surface area (Å²) in [5.74, 6) is 1.03. The van der Waals surface area contributed by atoms with Crippen LogP contribution in [-0.4, -0.2) is 15.2 Å². The van der Waals surface area contributed by atoms with Gasteiger partial charge >= 0.3 is 0 Å². The zero-order valence-electron chi connectivity index (χ0n) is 7.78. The van der Waals surface area contributed by atoms with Crippen molar-refractivity contribution in [2.24, 2.45) is 0 Å². The van der Waals surface area contributed by atoms with Crippen LogP contribution in [0.3, 0.4) is 0 Å². The van der Waals surface area contributed by atoms with Gasteiger partial charge in [-0.1, -0.05) is 6.92 Å². The number of H-pyrrole nitrogens is 2. The van der Waals surface area contributed by atoms with Crippen LogP contribution in [0.25, 0.3) is 0 Å². The highest BCUT2D eigenvalue weighted by Crippen LogP contribution is 2.18. The molecule has 0 spiro atoms. The molecule has 0 amide bonds. The van der Waals surface area contributed by atoms with Gasteiger partial charge in [0.1, 0.15) is 0 Å². The van der Waals surface area contributed by atoms with E-state index < -0.39 is 0 Å². The number of hydrogen-bond acceptors (Lipinski definition) is 3. The molecule has 1 unspecified atom stereocenters. The highest BCUT2D eigenvalue weighted by Gasteiger charge is 2.10. The molecule has 5 heteroatoms.